The minimum atomic E-state index is -0.463. The zero-order chi connectivity index (χ0) is 27.5. The molecule has 0 aliphatic carbocycles. The SMILES string of the molecule is COc1ccccc1NC(=O)C1=C(C)Nc2nc(SCc3ccc(Cl)cc3)nn2[C@H]1c1ccc(C(C)C)cc1. The molecular weight excluding hydrogens is 530 g/mol. The van der Waals surface area contributed by atoms with E-state index in [2.05, 4.69) is 48.7 Å². The van der Waals surface area contributed by atoms with E-state index < -0.39 is 6.04 Å². The Morgan fingerprint density at radius 1 is 1.10 bits per heavy atom. The molecule has 4 aromatic rings. The van der Waals surface area contributed by atoms with Gasteiger partial charge < -0.3 is 15.4 Å². The first-order valence-corrected chi connectivity index (χ1v) is 14.1. The molecule has 1 amide bonds. The molecule has 0 unspecified atom stereocenters. The minimum absolute atomic E-state index is 0.237. The molecule has 1 aromatic heterocycles. The van der Waals surface area contributed by atoms with E-state index in [0.29, 0.717) is 44.8 Å². The largest absolute Gasteiger partial charge is 0.495 e. The first-order valence-electron chi connectivity index (χ1n) is 12.7. The fraction of sp³-hybridized carbons (Fsp3) is 0.233. The third kappa shape index (κ3) is 5.82. The van der Waals surface area contributed by atoms with Gasteiger partial charge in [-0.2, -0.15) is 4.98 Å². The number of amides is 1. The Hall–Kier alpha value is -3.75. The van der Waals surface area contributed by atoms with Crippen molar-refractivity contribution in [3.8, 4) is 5.75 Å². The lowest BCUT2D eigenvalue weighted by Gasteiger charge is -2.29. The lowest BCUT2D eigenvalue weighted by Crippen LogP contribution is -2.31. The van der Waals surface area contributed by atoms with Gasteiger partial charge in [0.2, 0.25) is 11.1 Å². The van der Waals surface area contributed by atoms with Crippen molar-refractivity contribution in [2.24, 2.45) is 0 Å². The van der Waals surface area contributed by atoms with Crippen molar-refractivity contribution < 1.29 is 9.53 Å². The van der Waals surface area contributed by atoms with Crippen LogP contribution in [0.5, 0.6) is 5.75 Å². The standard InChI is InChI=1S/C30H30ClN5O2S/c1-18(2)21-11-13-22(14-12-21)27-26(28(37)33-24-7-5-6-8-25(24)38-4)19(3)32-29-34-30(35-36(27)29)39-17-20-9-15-23(31)16-10-20/h5-16,18,27H,17H2,1-4H3,(H,33,37)(H,32,34,35)/t27-/m0/s1. The highest BCUT2D eigenvalue weighted by molar-refractivity contribution is 7.98. The van der Waals surface area contributed by atoms with Crippen molar-refractivity contribution in [2.45, 2.75) is 43.6 Å². The number of nitrogens with one attached hydrogen (secondary N) is 2. The number of hydrogen-bond acceptors (Lipinski definition) is 6. The second-order valence-corrected chi connectivity index (χ2v) is 11.0. The first-order chi connectivity index (χ1) is 18.8. The van der Waals surface area contributed by atoms with Crippen LogP contribution in [0.4, 0.5) is 11.6 Å². The molecule has 1 aliphatic rings. The number of halogens is 1. The summed E-state index contributed by atoms with van der Waals surface area (Å²) in [6.45, 7) is 6.22. The van der Waals surface area contributed by atoms with Gasteiger partial charge in [-0.15, -0.1) is 5.10 Å². The summed E-state index contributed by atoms with van der Waals surface area (Å²) in [7, 11) is 1.58. The Morgan fingerprint density at radius 2 is 1.82 bits per heavy atom. The van der Waals surface area contributed by atoms with E-state index in [1.54, 1.807) is 11.8 Å². The molecule has 1 atom stereocenters. The number of methoxy groups -OCH3 is 1. The van der Waals surface area contributed by atoms with Crippen LogP contribution in [-0.2, 0) is 10.5 Å². The van der Waals surface area contributed by atoms with Crippen LogP contribution < -0.4 is 15.4 Å². The van der Waals surface area contributed by atoms with Gasteiger partial charge in [-0.25, -0.2) is 4.68 Å². The Bertz CT molecular complexity index is 1510. The van der Waals surface area contributed by atoms with Crippen molar-refractivity contribution >= 4 is 40.9 Å². The molecule has 0 fully saturated rings. The van der Waals surface area contributed by atoms with E-state index in [1.807, 2.05) is 55.5 Å². The van der Waals surface area contributed by atoms with Crippen molar-refractivity contribution in [1.82, 2.24) is 14.8 Å². The zero-order valence-electron chi connectivity index (χ0n) is 22.2. The molecule has 0 bridgehead atoms. The Kier molecular flexibility index (Phi) is 7.95. The maximum absolute atomic E-state index is 13.8. The van der Waals surface area contributed by atoms with Gasteiger partial charge in [0.25, 0.3) is 5.91 Å². The van der Waals surface area contributed by atoms with Gasteiger partial charge in [0.05, 0.1) is 18.4 Å². The minimum Gasteiger partial charge on any atom is -0.495 e. The van der Waals surface area contributed by atoms with Gasteiger partial charge in [0, 0.05) is 16.5 Å². The van der Waals surface area contributed by atoms with Crippen LogP contribution in [0.25, 0.3) is 0 Å². The molecule has 2 heterocycles. The number of fused-ring (bicyclic) bond motifs is 1. The van der Waals surface area contributed by atoms with Crippen LogP contribution in [0, 0.1) is 0 Å². The molecule has 0 radical (unpaired) electrons. The molecule has 2 N–H and O–H groups in total. The summed E-state index contributed by atoms with van der Waals surface area (Å²) < 4.78 is 7.26. The van der Waals surface area contributed by atoms with E-state index in [0.717, 1.165) is 16.8 Å². The predicted octanol–water partition coefficient (Wildman–Crippen LogP) is 7.28. The van der Waals surface area contributed by atoms with Crippen LogP contribution >= 0.6 is 23.4 Å². The van der Waals surface area contributed by atoms with Crippen LogP contribution in [0.15, 0.2) is 89.2 Å². The lowest BCUT2D eigenvalue weighted by molar-refractivity contribution is -0.113. The second-order valence-electron chi connectivity index (χ2n) is 9.62. The molecule has 5 rings (SSSR count). The highest BCUT2D eigenvalue weighted by Gasteiger charge is 2.34. The maximum atomic E-state index is 13.8. The third-order valence-electron chi connectivity index (χ3n) is 6.63. The van der Waals surface area contributed by atoms with Gasteiger partial charge in [0.1, 0.15) is 11.8 Å². The van der Waals surface area contributed by atoms with Gasteiger partial charge >= 0.3 is 0 Å². The Labute approximate surface area is 237 Å². The smallest absolute Gasteiger partial charge is 0.255 e. The molecule has 0 saturated heterocycles. The topological polar surface area (TPSA) is 81.1 Å². The van der Waals surface area contributed by atoms with E-state index in [4.69, 9.17) is 26.4 Å². The molecule has 200 valence electrons. The van der Waals surface area contributed by atoms with Crippen LogP contribution in [0.3, 0.4) is 0 Å². The van der Waals surface area contributed by atoms with Gasteiger partial charge in [-0.05, 0) is 53.8 Å². The van der Waals surface area contributed by atoms with Gasteiger partial charge in [-0.3, -0.25) is 4.79 Å². The van der Waals surface area contributed by atoms with Crippen molar-refractivity contribution in [3.63, 3.8) is 0 Å². The number of allylic oxidation sites excluding steroid dienone is 1. The van der Waals surface area contributed by atoms with Crippen LogP contribution in [-0.4, -0.2) is 27.8 Å². The molecule has 0 saturated carbocycles. The van der Waals surface area contributed by atoms with Crippen molar-refractivity contribution in [3.05, 3.63) is 106 Å². The fourth-order valence-electron chi connectivity index (χ4n) is 4.52. The zero-order valence-corrected chi connectivity index (χ0v) is 23.8. The lowest BCUT2D eigenvalue weighted by atomic mass is 9.92. The molecule has 3 aromatic carbocycles. The summed E-state index contributed by atoms with van der Waals surface area (Å²) in [4.78, 5) is 18.6. The average molecular weight is 560 g/mol. The number of rotatable bonds is 8. The van der Waals surface area contributed by atoms with E-state index in [-0.39, 0.29) is 5.91 Å². The highest BCUT2D eigenvalue weighted by Crippen LogP contribution is 2.38. The third-order valence-corrected chi connectivity index (χ3v) is 7.79. The Morgan fingerprint density at radius 3 is 2.51 bits per heavy atom. The number of thioether (sulfide) groups is 1. The van der Waals surface area contributed by atoms with E-state index >= 15 is 0 Å². The van der Waals surface area contributed by atoms with Crippen LogP contribution in [0.2, 0.25) is 5.02 Å². The van der Waals surface area contributed by atoms with E-state index in [1.165, 1.54) is 17.3 Å². The summed E-state index contributed by atoms with van der Waals surface area (Å²) >= 11 is 7.57. The molecule has 39 heavy (non-hydrogen) atoms. The Balaban J connectivity index is 1.50. The molecule has 1 aliphatic heterocycles. The number of aromatic nitrogens is 3. The number of ether oxygens (including phenoxy) is 1. The van der Waals surface area contributed by atoms with Gasteiger partial charge in [-0.1, -0.05) is 85.7 Å². The molecule has 9 heteroatoms. The number of nitrogens with zero attached hydrogens (tertiary/aromatic N) is 3. The molecule has 7 nitrogen and oxygen atoms in total. The number of carbonyl (C=O) groups excluding carboxylic acids is 1. The summed E-state index contributed by atoms with van der Waals surface area (Å²) in [5.74, 6) is 2.04. The number of anilines is 2. The number of benzene rings is 3. The summed E-state index contributed by atoms with van der Waals surface area (Å²) in [5, 5.41) is 12.5. The first kappa shape index (κ1) is 26.8. The normalized spacial score (nSPS) is 14.7. The van der Waals surface area contributed by atoms with E-state index in [9.17, 15) is 4.79 Å². The predicted molar refractivity (Wildman–Crippen MR) is 158 cm³/mol. The molecule has 0 spiro atoms. The number of para-hydroxylation sites is 2. The van der Waals surface area contributed by atoms with Crippen molar-refractivity contribution in [1.29, 1.82) is 0 Å². The quantitative estimate of drug-likeness (QED) is 0.221. The maximum Gasteiger partial charge on any atom is 0.255 e. The summed E-state index contributed by atoms with van der Waals surface area (Å²) in [5.41, 5.74) is 5.18. The number of carbonyl (C=O) groups is 1. The van der Waals surface area contributed by atoms with Crippen molar-refractivity contribution in [2.75, 3.05) is 17.7 Å². The fourth-order valence-corrected chi connectivity index (χ4v) is 5.44. The van der Waals surface area contributed by atoms with Gasteiger partial charge in [0.15, 0.2) is 0 Å². The monoisotopic (exact) mass is 559 g/mol. The summed E-state index contributed by atoms with van der Waals surface area (Å²) in [6, 6.07) is 23.0. The number of hydrogen-bond donors (Lipinski definition) is 2. The molecular formula is C30H30ClN5O2S. The summed E-state index contributed by atoms with van der Waals surface area (Å²) in [6.07, 6.45) is 0. The average Bonchev–Trinajstić information content (AvgIpc) is 3.34. The highest BCUT2D eigenvalue weighted by atomic mass is 35.5. The van der Waals surface area contributed by atoms with Crippen LogP contribution in [0.1, 0.15) is 49.4 Å². The second kappa shape index (κ2) is 11.6.